The number of hydrogen-bond acceptors (Lipinski definition) is 5. The topological polar surface area (TPSA) is 84.9 Å². The highest BCUT2D eigenvalue weighted by Crippen LogP contribution is 2.43. The standard InChI is InChI=1S/C20H35NO5Si/c1-6-7-8-9-10-11-15(22)12-13-16-17-14(2)21-18(23)20(16,19(24)25-17)26-27(3,4)5/h12-17,22H,6-11H2,1-5H3,(H,21,23)/b13-12+/t14-,15-,16-,17-,20+/m0/s1. The number of nitrogens with one attached hydrogen (secondary N) is 1. The zero-order chi connectivity index (χ0) is 20.2. The molecule has 0 aromatic heterocycles. The van der Waals surface area contributed by atoms with E-state index in [1.807, 2.05) is 26.6 Å². The minimum absolute atomic E-state index is 0.289. The number of fused-ring (bicyclic) bond motifs is 2. The number of hydrogen-bond donors (Lipinski definition) is 2. The second kappa shape index (κ2) is 8.88. The fourth-order valence-electron chi connectivity index (χ4n) is 3.89. The molecule has 0 saturated carbocycles. The lowest BCUT2D eigenvalue weighted by molar-refractivity contribution is -0.158. The fourth-order valence-corrected chi connectivity index (χ4v) is 5.17. The molecule has 2 rings (SSSR count). The first-order valence-corrected chi connectivity index (χ1v) is 13.6. The molecule has 2 N–H and O–H groups in total. The molecular formula is C20H35NO5Si. The monoisotopic (exact) mass is 397 g/mol. The van der Waals surface area contributed by atoms with Crippen LogP contribution in [-0.2, 0) is 18.8 Å². The summed E-state index contributed by atoms with van der Waals surface area (Å²) in [6.07, 6.45) is 8.74. The maximum absolute atomic E-state index is 12.8. The summed E-state index contributed by atoms with van der Waals surface area (Å²) in [7, 11) is -2.21. The molecule has 0 aromatic carbocycles. The predicted octanol–water partition coefficient (Wildman–Crippen LogP) is 2.91. The van der Waals surface area contributed by atoms with Gasteiger partial charge in [0.05, 0.1) is 18.1 Å². The molecule has 2 bridgehead atoms. The van der Waals surface area contributed by atoms with Crippen LogP contribution in [0.5, 0.6) is 0 Å². The third-order valence-electron chi connectivity index (χ3n) is 5.17. The van der Waals surface area contributed by atoms with Crippen LogP contribution in [0.2, 0.25) is 19.6 Å². The number of carbonyl (C=O) groups excluding carboxylic acids is 2. The van der Waals surface area contributed by atoms with E-state index in [4.69, 9.17) is 9.16 Å². The van der Waals surface area contributed by atoms with Crippen LogP contribution >= 0.6 is 0 Å². The average Bonchev–Trinajstić information content (AvgIpc) is 2.79. The van der Waals surface area contributed by atoms with Gasteiger partial charge in [0, 0.05) is 0 Å². The van der Waals surface area contributed by atoms with Gasteiger partial charge in [0.25, 0.3) is 5.91 Å². The number of rotatable bonds is 10. The van der Waals surface area contributed by atoms with Crippen molar-refractivity contribution in [1.82, 2.24) is 5.32 Å². The minimum atomic E-state index is -2.21. The number of aliphatic hydroxyl groups excluding tert-OH is 1. The summed E-state index contributed by atoms with van der Waals surface area (Å²) in [5, 5.41) is 13.1. The smallest absolute Gasteiger partial charge is 0.348 e. The van der Waals surface area contributed by atoms with Gasteiger partial charge in [-0.05, 0) is 33.0 Å². The second-order valence-electron chi connectivity index (χ2n) is 8.76. The van der Waals surface area contributed by atoms with Gasteiger partial charge >= 0.3 is 5.97 Å². The lowest BCUT2D eigenvalue weighted by Crippen LogP contribution is -2.66. The molecule has 0 spiro atoms. The lowest BCUT2D eigenvalue weighted by Gasteiger charge is -2.40. The molecule has 0 unspecified atom stereocenters. The van der Waals surface area contributed by atoms with Crippen molar-refractivity contribution >= 4 is 20.2 Å². The molecule has 7 heteroatoms. The molecule has 0 radical (unpaired) electrons. The van der Waals surface area contributed by atoms with E-state index in [-0.39, 0.29) is 6.04 Å². The van der Waals surface area contributed by atoms with E-state index in [0.29, 0.717) is 6.42 Å². The summed E-state index contributed by atoms with van der Waals surface area (Å²) in [6.45, 7) is 9.83. The van der Waals surface area contributed by atoms with E-state index >= 15 is 0 Å². The number of esters is 1. The third-order valence-corrected chi connectivity index (χ3v) is 6.10. The molecule has 2 aliphatic rings. The van der Waals surface area contributed by atoms with Gasteiger partial charge < -0.3 is 19.6 Å². The van der Waals surface area contributed by atoms with Crippen LogP contribution in [0.3, 0.4) is 0 Å². The van der Waals surface area contributed by atoms with E-state index in [2.05, 4.69) is 12.2 Å². The van der Waals surface area contributed by atoms with Gasteiger partial charge in [-0.15, -0.1) is 0 Å². The van der Waals surface area contributed by atoms with Gasteiger partial charge in [-0.1, -0.05) is 51.2 Å². The third kappa shape index (κ3) is 5.00. The van der Waals surface area contributed by atoms with Crippen molar-refractivity contribution in [3.63, 3.8) is 0 Å². The van der Waals surface area contributed by atoms with Crippen molar-refractivity contribution in [2.24, 2.45) is 5.92 Å². The van der Waals surface area contributed by atoms with Crippen molar-refractivity contribution in [1.29, 1.82) is 0 Å². The molecule has 1 amide bonds. The Labute approximate surface area is 163 Å². The van der Waals surface area contributed by atoms with E-state index in [0.717, 1.165) is 12.8 Å². The molecule has 154 valence electrons. The summed E-state index contributed by atoms with van der Waals surface area (Å²) < 4.78 is 11.6. The Bertz CT molecular complexity index is 573. The lowest BCUT2D eigenvalue weighted by atomic mass is 9.79. The second-order valence-corrected chi connectivity index (χ2v) is 13.2. The van der Waals surface area contributed by atoms with Crippen LogP contribution in [0.4, 0.5) is 0 Å². The van der Waals surface area contributed by atoms with Crippen LogP contribution in [0.15, 0.2) is 12.2 Å². The highest BCUT2D eigenvalue weighted by atomic mass is 28.4. The van der Waals surface area contributed by atoms with Gasteiger partial charge in [0.1, 0.15) is 6.10 Å². The Morgan fingerprint density at radius 2 is 1.93 bits per heavy atom. The van der Waals surface area contributed by atoms with Crippen LogP contribution in [0, 0.1) is 5.92 Å². The quantitative estimate of drug-likeness (QED) is 0.195. The van der Waals surface area contributed by atoms with Gasteiger partial charge in [0.15, 0.2) is 8.32 Å². The Hall–Kier alpha value is -1.18. The normalized spacial score (nSPS) is 31.9. The summed E-state index contributed by atoms with van der Waals surface area (Å²) in [4.78, 5) is 25.4. The van der Waals surface area contributed by atoms with E-state index in [9.17, 15) is 14.7 Å². The molecule has 2 fully saturated rings. The molecule has 27 heavy (non-hydrogen) atoms. The van der Waals surface area contributed by atoms with Crippen LogP contribution in [0.1, 0.15) is 52.4 Å². The van der Waals surface area contributed by atoms with Crippen molar-refractivity contribution < 1.29 is 23.9 Å². The summed E-state index contributed by atoms with van der Waals surface area (Å²) >= 11 is 0. The van der Waals surface area contributed by atoms with E-state index < -0.39 is 43.9 Å². The molecule has 0 aliphatic carbocycles. The predicted molar refractivity (Wildman–Crippen MR) is 107 cm³/mol. The molecule has 2 heterocycles. The number of aliphatic hydroxyl groups is 1. The molecule has 2 saturated heterocycles. The molecular weight excluding hydrogens is 362 g/mol. The summed E-state index contributed by atoms with van der Waals surface area (Å²) in [5.74, 6) is -1.56. The Kier molecular flexibility index (Phi) is 7.27. The fraction of sp³-hybridized carbons (Fsp3) is 0.800. The Balaban J connectivity index is 2.12. The highest BCUT2D eigenvalue weighted by molar-refractivity contribution is 6.70. The van der Waals surface area contributed by atoms with Crippen molar-refractivity contribution in [2.45, 2.75) is 95.9 Å². The highest BCUT2D eigenvalue weighted by Gasteiger charge is 2.68. The van der Waals surface area contributed by atoms with Gasteiger partial charge in [0.2, 0.25) is 5.60 Å². The van der Waals surface area contributed by atoms with E-state index in [1.54, 1.807) is 12.2 Å². The van der Waals surface area contributed by atoms with Crippen molar-refractivity contribution in [2.75, 3.05) is 0 Å². The number of unbranched alkanes of at least 4 members (excludes halogenated alkanes) is 4. The first kappa shape index (κ1) is 22.1. The zero-order valence-corrected chi connectivity index (χ0v) is 18.3. The van der Waals surface area contributed by atoms with Crippen molar-refractivity contribution in [3.8, 4) is 0 Å². The van der Waals surface area contributed by atoms with Crippen LogP contribution < -0.4 is 5.32 Å². The zero-order valence-electron chi connectivity index (χ0n) is 17.3. The molecule has 5 atom stereocenters. The van der Waals surface area contributed by atoms with Crippen LogP contribution in [0.25, 0.3) is 0 Å². The summed E-state index contributed by atoms with van der Waals surface area (Å²) in [5.41, 5.74) is -1.63. The number of amides is 1. The number of ether oxygens (including phenoxy) is 1. The Morgan fingerprint density at radius 3 is 2.56 bits per heavy atom. The molecule has 2 aliphatic heterocycles. The largest absolute Gasteiger partial charge is 0.457 e. The SMILES string of the molecule is CCCCCCC[C@H](O)/C=C/[C@H]1[C@H]2OC(=O)[C@]1(O[Si](C)(C)C)C(=O)N[C@H]2C. The first-order valence-electron chi connectivity index (χ1n) is 10.2. The maximum atomic E-state index is 12.8. The number of carbonyl (C=O) groups is 2. The van der Waals surface area contributed by atoms with E-state index in [1.165, 1.54) is 19.3 Å². The van der Waals surface area contributed by atoms with Crippen LogP contribution in [-0.4, -0.2) is 49.2 Å². The van der Waals surface area contributed by atoms with Gasteiger partial charge in [-0.3, -0.25) is 4.79 Å². The maximum Gasteiger partial charge on any atom is 0.348 e. The summed E-state index contributed by atoms with van der Waals surface area (Å²) in [6, 6.07) is -0.289. The molecule has 6 nitrogen and oxygen atoms in total. The Morgan fingerprint density at radius 1 is 1.26 bits per heavy atom. The molecule has 0 aromatic rings. The van der Waals surface area contributed by atoms with Gasteiger partial charge in [-0.2, -0.15) is 0 Å². The van der Waals surface area contributed by atoms with Gasteiger partial charge in [-0.25, -0.2) is 4.79 Å². The van der Waals surface area contributed by atoms with Crippen molar-refractivity contribution in [3.05, 3.63) is 12.2 Å². The first-order chi connectivity index (χ1) is 12.6. The number of piperidine rings is 1. The average molecular weight is 398 g/mol. The minimum Gasteiger partial charge on any atom is -0.457 e.